The first kappa shape index (κ1) is 22.4. The highest BCUT2D eigenvalue weighted by Gasteiger charge is 2.29. The van der Waals surface area contributed by atoms with Crippen molar-refractivity contribution in [2.45, 2.75) is 55.9 Å². The second kappa shape index (κ2) is 10.1. The summed E-state index contributed by atoms with van der Waals surface area (Å²) >= 11 is 1.60. The molecule has 162 valence electrons. The minimum atomic E-state index is -4.36. The lowest BCUT2D eigenvalue weighted by Crippen LogP contribution is -2.23. The van der Waals surface area contributed by atoms with Gasteiger partial charge in [-0.3, -0.25) is 4.79 Å². The summed E-state index contributed by atoms with van der Waals surface area (Å²) in [4.78, 5) is 12.0. The molecule has 1 saturated carbocycles. The molecule has 1 amide bonds. The van der Waals surface area contributed by atoms with Gasteiger partial charge < -0.3 is 9.88 Å². The van der Waals surface area contributed by atoms with Gasteiger partial charge >= 0.3 is 6.18 Å². The third-order valence-electron chi connectivity index (χ3n) is 5.15. The number of hydrogen-bond donors (Lipinski definition) is 1. The van der Waals surface area contributed by atoms with Crippen LogP contribution in [0.3, 0.4) is 0 Å². The zero-order chi connectivity index (χ0) is 21.6. The van der Waals surface area contributed by atoms with Gasteiger partial charge in [-0.2, -0.15) is 13.2 Å². The summed E-state index contributed by atoms with van der Waals surface area (Å²) in [5.74, 6) is 0.678. The lowest BCUT2D eigenvalue weighted by atomic mass is 10.1. The predicted octanol–water partition coefficient (Wildman–Crippen LogP) is 4.90. The summed E-state index contributed by atoms with van der Waals surface area (Å²) in [6.07, 6.45) is 6.71. The van der Waals surface area contributed by atoms with Crippen LogP contribution in [-0.4, -0.2) is 33.5 Å². The van der Waals surface area contributed by atoms with Crippen molar-refractivity contribution < 1.29 is 18.0 Å². The van der Waals surface area contributed by atoms with Gasteiger partial charge in [-0.05, 0) is 49.3 Å². The van der Waals surface area contributed by atoms with Gasteiger partial charge in [0.15, 0.2) is 5.16 Å². The summed E-state index contributed by atoms with van der Waals surface area (Å²) in [5.41, 5.74) is -0.174. The summed E-state index contributed by atoms with van der Waals surface area (Å²) in [6, 6.07) is 5.15. The van der Waals surface area contributed by atoms with E-state index in [1.54, 1.807) is 11.8 Å². The fraction of sp³-hybridized carbons (Fsp3) is 0.476. The van der Waals surface area contributed by atoms with Gasteiger partial charge in [0, 0.05) is 25.1 Å². The third-order valence-corrected chi connectivity index (χ3v) is 5.79. The van der Waals surface area contributed by atoms with E-state index >= 15 is 0 Å². The van der Waals surface area contributed by atoms with E-state index in [1.807, 2.05) is 6.26 Å². The minimum Gasteiger partial charge on any atom is -0.353 e. The second-order valence-corrected chi connectivity index (χ2v) is 8.03. The Balaban J connectivity index is 1.46. The number of aryl methyl sites for hydroxylation is 1. The van der Waals surface area contributed by atoms with Gasteiger partial charge in [-0.15, -0.1) is 10.2 Å². The van der Waals surface area contributed by atoms with Crippen LogP contribution in [0, 0.1) is 0 Å². The number of carbonyl (C=O) groups is 1. The Morgan fingerprint density at radius 1 is 1.23 bits per heavy atom. The number of halogens is 3. The number of alkyl halides is 3. The van der Waals surface area contributed by atoms with Crippen LogP contribution in [0.2, 0.25) is 0 Å². The number of nitrogens with one attached hydrogen (secondary N) is 1. The summed E-state index contributed by atoms with van der Waals surface area (Å²) < 4.78 is 40.0. The van der Waals surface area contributed by atoms with E-state index in [2.05, 4.69) is 20.1 Å². The molecule has 0 saturated heterocycles. The first-order valence-electron chi connectivity index (χ1n) is 9.99. The van der Waals surface area contributed by atoms with Gasteiger partial charge in [-0.25, -0.2) is 0 Å². The molecule has 1 aliphatic rings. The average molecular weight is 439 g/mol. The Morgan fingerprint density at radius 3 is 2.57 bits per heavy atom. The molecule has 0 spiro atoms. The van der Waals surface area contributed by atoms with Crippen molar-refractivity contribution in [3.8, 4) is 0 Å². The summed E-state index contributed by atoms with van der Waals surface area (Å²) in [7, 11) is 0. The molecule has 0 bridgehead atoms. The molecule has 1 heterocycles. The lowest BCUT2D eigenvalue weighted by molar-refractivity contribution is -0.137. The molecule has 0 radical (unpaired) electrons. The van der Waals surface area contributed by atoms with Crippen molar-refractivity contribution in [3.63, 3.8) is 0 Å². The maximum atomic E-state index is 12.6. The third kappa shape index (κ3) is 5.87. The van der Waals surface area contributed by atoms with Crippen LogP contribution in [0.1, 0.15) is 55.1 Å². The molecule has 1 fully saturated rings. The van der Waals surface area contributed by atoms with Crippen LogP contribution in [-0.2, 0) is 17.4 Å². The summed E-state index contributed by atoms with van der Waals surface area (Å²) in [6.45, 7) is 0.488. The largest absolute Gasteiger partial charge is 0.416 e. The number of thioether (sulfide) groups is 1. The van der Waals surface area contributed by atoms with Crippen molar-refractivity contribution in [1.29, 1.82) is 0 Å². The van der Waals surface area contributed by atoms with Crippen LogP contribution >= 0.6 is 11.8 Å². The molecule has 1 aliphatic carbocycles. The molecule has 30 heavy (non-hydrogen) atoms. The molecule has 9 heteroatoms. The van der Waals surface area contributed by atoms with Crippen LogP contribution in [0.25, 0.3) is 6.08 Å². The molecule has 0 unspecified atom stereocenters. The maximum absolute atomic E-state index is 12.6. The predicted molar refractivity (Wildman–Crippen MR) is 111 cm³/mol. The van der Waals surface area contributed by atoms with Gasteiger partial charge in [0.05, 0.1) is 5.56 Å². The van der Waals surface area contributed by atoms with Crippen molar-refractivity contribution in [2.24, 2.45) is 0 Å². The normalized spacial score (nSPS) is 15.2. The zero-order valence-corrected chi connectivity index (χ0v) is 17.6. The number of amides is 1. The SMILES string of the molecule is CSc1nnc(CCCNC(=O)/C=C/c2ccc(C(F)(F)F)cc2)n1C1CCCC1. The topological polar surface area (TPSA) is 59.8 Å². The Kier molecular flexibility index (Phi) is 7.58. The molecular formula is C21H25F3N4OS. The highest BCUT2D eigenvalue weighted by molar-refractivity contribution is 7.98. The Morgan fingerprint density at radius 2 is 1.93 bits per heavy atom. The molecule has 1 N–H and O–H groups in total. The van der Waals surface area contributed by atoms with Crippen LogP contribution < -0.4 is 5.32 Å². The van der Waals surface area contributed by atoms with Gasteiger partial charge in [0.2, 0.25) is 5.91 Å². The Hall–Kier alpha value is -2.29. The van der Waals surface area contributed by atoms with Crippen molar-refractivity contribution in [2.75, 3.05) is 12.8 Å². The summed E-state index contributed by atoms with van der Waals surface area (Å²) in [5, 5.41) is 12.4. The molecule has 0 aliphatic heterocycles. The number of aromatic nitrogens is 3. The fourth-order valence-electron chi connectivity index (χ4n) is 3.62. The van der Waals surface area contributed by atoms with Crippen molar-refractivity contribution in [3.05, 3.63) is 47.3 Å². The first-order valence-corrected chi connectivity index (χ1v) is 11.2. The number of rotatable bonds is 8. The first-order chi connectivity index (χ1) is 14.4. The van der Waals surface area contributed by atoms with E-state index in [0.29, 0.717) is 18.2 Å². The standard InChI is InChI=1S/C21H25F3N4OS/c1-30-20-27-26-18(28(20)17-5-2-3-6-17)7-4-14-25-19(29)13-10-15-8-11-16(12-9-15)21(22,23)24/h8-13,17H,2-7,14H2,1H3,(H,25,29)/b13-10+. The molecule has 3 rings (SSSR count). The Bertz CT molecular complexity index is 871. The maximum Gasteiger partial charge on any atom is 0.416 e. The molecule has 1 aromatic heterocycles. The Labute approximate surface area is 178 Å². The van der Waals surface area contributed by atoms with E-state index in [4.69, 9.17) is 0 Å². The fourth-order valence-corrected chi connectivity index (χ4v) is 4.19. The highest BCUT2D eigenvalue weighted by atomic mass is 32.2. The average Bonchev–Trinajstić information content (AvgIpc) is 3.38. The monoisotopic (exact) mass is 438 g/mol. The van der Waals surface area contributed by atoms with Crippen LogP contribution in [0.5, 0.6) is 0 Å². The van der Waals surface area contributed by atoms with E-state index in [-0.39, 0.29) is 5.91 Å². The smallest absolute Gasteiger partial charge is 0.353 e. The number of benzene rings is 1. The van der Waals surface area contributed by atoms with Crippen LogP contribution in [0.15, 0.2) is 35.5 Å². The highest BCUT2D eigenvalue weighted by Crippen LogP contribution is 2.33. The molecule has 5 nitrogen and oxygen atoms in total. The number of hydrogen-bond acceptors (Lipinski definition) is 4. The van der Waals surface area contributed by atoms with Crippen LogP contribution in [0.4, 0.5) is 13.2 Å². The zero-order valence-electron chi connectivity index (χ0n) is 16.8. The molecule has 0 atom stereocenters. The number of nitrogens with zero attached hydrogens (tertiary/aromatic N) is 3. The van der Waals surface area contributed by atoms with E-state index in [9.17, 15) is 18.0 Å². The minimum absolute atomic E-state index is 0.281. The quantitative estimate of drug-likeness (QED) is 0.362. The molecule has 1 aromatic carbocycles. The molecular weight excluding hydrogens is 413 g/mol. The van der Waals surface area contributed by atoms with Crippen molar-refractivity contribution >= 4 is 23.7 Å². The second-order valence-electron chi connectivity index (χ2n) is 7.26. The van der Waals surface area contributed by atoms with Gasteiger partial charge in [0.25, 0.3) is 0 Å². The van der Waals surface area contributed by atoms with Gasteiger partial charge in [0.1, 0.15) is 5.82 Å². The number of carbonyl (C=O) groups excluding carboxylic acids is 1. The lowest BCUT2D eigenvalue weighted by Gasteiger charge is -2.16. The van der Waals surface area contributed by atoms with E-state index in [1.165, 1.54) is 37.1 Å². The van der Waals surface area contributed by atoms with Crippen molar-refractivity contribution in [1.82, 2.24) is 20.1 Å². The van der Waals surface area contributed by atoms with E-state index in [0.717, 1.165) is 48.8 Å². The molecule has 2 aromatic rings. The van der Waals surface area contributed by atoms with Gasteiger partial charge in [-0.1, -0.05) is 36.7 Å². The van der Waals surface area contributed by atoms with E-state index < -0.39 is 11.7 Å².